The lowest BCUT2D eigenvalue weighted by molar-refractivity contribution is -0.109. The Hall–Kier alpha value is -1.69. The Balaban J connectivity index is 4.30. The van der Waals surface area contributed by atoms with Crippen LogP contribution < -0.4 is 0 Å². The van der Waals surface area contributed by atoms with Crippen molar-refractivity contribution in [2.45, 2.75) is 27.7 Å². The first-order chi connectivity index (χ1) is 7.60. The van der Waals surface area contributed by atoms with E-state index in [0.29, 0.717) is 24.7 Å². The molecule has 0 aromatic carbocycles. The average molecular weight is 222 g/mol. The van der Waals surface area contributed by atoms with E-state index in [1.807, 2.05) is 13.8 Å². The third-order valence-corrected chi connectivity index (χ3v) is 1.55. The lowest BCUT2D eigenvalue weighted by Gasteiger charge is -1.99. The Bertz CT molecular complexity index is 340. The van der Waals surface area contributed by atoms with Gasteiger partial charge in [-0.1, -0.05) is 5.92 Å². The monoisotopic (exact) mass is 222 g/mol. The third-order valence-electron chi connectivity index (χ3n) is 1.55. The van der Waals surface area contributed by atoms with Gasteiger partial charge in [0.25, 0.3) is 0 Å². The quantitative estimate of drug-likeness (QED) is 0.310. The van der Waals surface area contributed by atoms with Crippen molar-refractivity contribution in [3.05, 3.63) is 23.7 Å². The summed E-state index contributed by atoms with van der Waals surface area (Å²) in [4.78, 5) is 11.3. The molecule has 0 fully saturated rings. The predicted molar refractivity (Wildman–Crippen MR) is 63.5 cm³/mol. The van der Waals surface area contributed by atoms with Gasteiger partial charge >= 0.3 is 0 Å². The Morgan fingerprint density at radius 1 is 1.12 bits per heavy atom. The van der Waals surface area contributed by atoms with Gasteiger partial charge in [0.1, 0.15) is 5.76 Å². The number of rotatable bonds is 5. The van der Waals surface area contributed by atoms with E-state index in [0.717, 1.165) is 0 Å². The minimum Gasteiger partial charge on any atom is -0.498 e. The lowest BCUT2D eigenvalue weighted by atomic mass is 10.3. The van der Waals surface area contributed by atoms with Gasteiger partial charge in [-0.25, -0.2) is 0 Å². The molecule has 0 saturated carbocycles. The van der Waals surface area contributed by atoms with Crippen molar-refractivity contribution in [1.29, 1.82) is 0 Å². The summed E-state index contributed by atoms with van der Waals surface area (Å²) < 4.78 is 10.3. The highest BCUT2D eigenvalue weighted by Crippen LogP contribution is 1.95. The van der Waals surface area contributed by atoms with Gasteiger partial charge in [-0.05, 0) is 33.6 Å². The first-order valence-electron chi connectivity index (χ1n) is 5.26. The number of ketones is 1. The van der Waals surface area contributed by atoms with Crippen LogP contribution in [0.5, 0.6) is 0 Å². The standard InChI is InChI=1S/C13H18O3/c1-5-15-11(3)8-7-9-13(14)10-12(4)16-6-2/h8,10H,5-6H2,1-4H3/b11-8+,12-10-. The normalized spacial score (nSPS) is 11.5. The summed E-state index contributed by atoms with van der Waals surface area (Å²) >= 11 is 0. The van der Waals surface area contributed by atoms with Crippen molar-refractivity contribution in [2.75, 3.05) is 13.2 Å². The molecule has 0 rings (SSSR count). The molecule has 0 aromatic rings. The van der Waals surface area contributed by atoms with E-state index in [2.05, 4.69) is 11.8 Å². The molecular formula is C13H18O3. The van der Waals surface area contributed by atoms with Crippen molar-refractivity contribution < 1.29 is 14.3 Å². The van der Waals surface area contributed by atoms with Crippen molar-refractivity contribution >= 4 is 5.78 Å². The van der Waals surface area contributed by atoms with Gasteiger partial charge < -0.3 is 9.47 Å². The molecule has 0 aromatic heterocycles. The van der Waals surface area contributed by atoms with Crippen LogP contribution >= 0.6 is 0 Å². The van der Waals surface area contributed by atoms with Crippen LogP contribution in [-0.2, 0) is 14.3 Å². The summed E-state index contributed by atoms with van der Waals surface area (Å²) in [5, 5.41) is 0. The molecule has 0 radical (unpaired) electrons. The zero-order chi connectivity index (χ0) is 12.4. The number of hydrogen-bond acceptors (Lipinski definition) is 3. The Morgan fingerprint density at radius 2 is 1.69 bits per heavy atom. The van der Waals surface area contributed by atoms with Gasteiger partial charge in [0.15, 0.2) is 0 Å². The fraction of sp³-hybridized carbons (Fsp3) is 0.462. The highest BCUT2D eigenvalue weighted by molar-refractivity contribution is 6.04. The van der Waals surface area contributed by atoms with Crippen molar-refractivity contribution in [1.82, 2.24) is 0 Å². The molecular weight excluding hydrogens is 204 g/mol. The molecule has 3 heteroatoms. The molecule has 0 amide bonds. The highest BCUT2D eigenvalue weighted by Gasteiger charge is 1.93. The van der Waals surface area contributed by atoms with Gasteiger partial charge in [0, 0.05) is 12.2 Å². The molecule has 0 bridgehead atoms. The predicted octanol–water partition coefficient (Wildman–Crippen LogP) is 2.44. The maximum absolute atomic E-state index is 11.3. The van der Waals surface area contributed by atoms with Crippen LogP contribution in [0, 0.1) is 11.8 Å². The Morgan fingerprint density at radius 3 is 2.25 bits per heavy atom. The summed E-state index contributed by atoms with van der Waals surface area (Å²) in [5.41, 5.74) is 0. The molecule has 0 aliphatic rings. The van der Waals surface area contributed by atoms with Crippen LogP contribution in [0.2, 0.25) is 0 Å². The van der Waals surface area contributed by atoms with E-state index in [1.54, 1.807) is 19.9 Å². The van der Waals surface area contributed by atoms with Crippen molar-refractivity contribution in [3.63, 3.8) is 0 Å². The SMILES string of the molecule is CCO/C(C)=C\C(=O)C#C/C=C(\C)OCC. The van der Waals surface area contributed by atoms with Crippen LogP contribution in [0.15, 0.2) is 23.7 Å². The minimum atomic E-state index is -0.272. The average Bonchev–Trinajstić information content (AvgIpc) is 2.18. The van der Waals surface area contributed by atoms with Crippen LogP contribution in [0.25, 0.3) is 0 Å². The molecule has 0 N–H and O–H groups in total. The molecule has 16 heavy (non-hydrogen) atoms. The number of carbonyl (C=O) groups is 1. The zero-order valence-electron chi connectivity index (χ0n) is 10.3. The van der Waals surface area contributed by atoms with Gasteiger partial charge in [-0.3, -0.25) is 4.79 Å². The molecule has 0 aliphatic heterocycles. The molecule has 0 spiro atoms. The summed E-state index contributed by atoms with van der Waals surface area (Å²) in [6.07, 6.45) is 2.95. The summed E-state index contributed by atoms with van der Waals surface area (Å²) in [5.74, 6) is 6.10. The number of hydrogen-bond donors (Lipinski definition) is 0. The van der Waals surface area contributed by atoms with E-state index in [-0.39, 0.29) is 5.78 Å². The van der Waals surface area contributed by atoms with Crippen LogP contribution in [0.4, 0.5) is 0 Å². The Kier molecular flexibility index (Phi) is 7.70. The van der Waals surface area contributed by atoms with E-state index in [9.17, 15) is 4.79 Å². The topological polar surface area (TPSA) is 35.5 Å². The van der Waals surface area contributed by atoms with Gasteiger partial charge in [-0.2, -0.15) is 0 Å². The molecule has 0 saturated heterocycles. The highest BCUT2D eigenvalue weighted by atomic mass is 16.5. The van der Waals surface area contributed by atoms with E-state index in [4.69, 9.17) is 9.47 Å². The summed E-state index contributed by atoms with van der Waals surface area (Å²) in [6.45, 7) is 8.42. The number of carbonyl (C=O) groups excluding carboxylic acids is 1. The molecule has 0 aliphatic carbocycles. The summed E-state index contributed by atoms with van der Waals surface area (Å²) in [7, 11) is 0. The first kappa shape index (κ1) is 14.3. The van der Waals surface area contributed by atoms with Crippen molar-refractivity contribution in [2.24, 2.45) is 0 Å². The fourth-order valence-corrected chi connectivity index (χ4v) is 0.968. The smallest absolute Gasteiger partial charge is 0.232 e. The second-order valence-electron chi connectivity index (χ2n) is 3.01. The zero-order valence-corrected chi connectivity index (χ0v) is 10.3. The molecule has 0 atom stereocenters. The summed E-state index contributed by atoms with van der Waals surface area (Å²) in [6, 6.07) is 0. The molecule has 0 unspecified atom stereocenters. The molecule has 0 heterocycles. The lowest BCUT2D eigenvalue weighted by Crippen LogP contribution is -1.93. The maximum atomic E-state index is 11.3. The maximum Gasteiger partial charge on any atom is 0.232 e. The van der Waals surface area contributed by atoms with Crippen LogP contribution in [-0.4, -0.2) is 19.0 Å². The van der Waals surface area contributed by atoms with Gasteiger partial charge in [0.2, 0.25) is 5.78 Å². The minimum absolute atomic E-state index is 0.272. The van der Waals surface area contributed by atoms with Crippen molar-refractivity contribution in [3.8, 4) is 11.8 Å². The second kappa shape index (κ2) is 8.60. The largest absolute Gasteiger partial charge is 0.498 e. The Labute approximate surface area is 97.1 Å². The fourth-order valence-electron chi connectivity index (χ4n) is 0.968. The second-order valence-corrected chi connectivity index (χ2v) is 3.01. The molecule has 3 nitrogen and oxygen atoms in total. The molecule has 88 valence electrons. The van der Waals surface area contributed by atoms with Crippen LogP contribution in [0.1, 0.15) is 27.7 Å². The van der Waals surface area contributed by atoms with E-state index in [1.165, 1.54) is 6.08 Å². The van der Waals surface area contributed by atoms with E-state index < -0.39 is 0 Å². The number of ether oxygens (including phenoxy) is 2. The number of allylic oxidation sites excluding steroid dienone is 4. The third kappa shape index (κ3) is 7.69. The first-order valence-corrected chi connectivity index (χ1v) is 5.26. The van der Waals surface area contributed by atoms with E-state index >= 15 is 0 Å². The van der Waals surface area contributed by atoms with Crippen LogP contribution in [0.3, 0.4) is 0 Å². The van der Waals surface area contributed by atoms with Gasteiger partial charge in [0.05, 0.1) is 19.0 Å². The van der Waals surface area contributed by atoms with Gasteiger partial charge in [-0.15, -0.1) is 0 Å².